The maximum Gasteiger partial charge on any atom is 0.314 e. The quantitative estimate of drug-likeness (QED) is 0.886. The second-order valence-corrected chi connectivity index (χ2v) is 4.95. The van der Waals surface area contributed by atoms with Crippen LogP contribution >= 0.6 is 0 Å². The lowest BCUT2D eigenvalue weighted by molar-refractivity contribution is -0.146. The van der Waals surface area contributed by atoms with Crippen LogP contribution in [-0.2, 0) is 10.2 Å². The minimum Gasteiger partial charge on any atom is -0.481 e. The number of hydrogen-bond donors (Lipinski definition) is 1. The smallest absolute Gasteiger partial charge is 0.314 e. The molecule has 1 saturated heterocycles. The van der Waals surface area contributed by atoms with Gasteiger partial charge in [0, 0.05) is 0 Å². The minimum absolute atomic E-state index is 0.687. The molecule has 1 N–H and O–H groups in total. The van der Waals surface area contributed by atoms with Gasteiger partial charge in [-0.3, -0.25) is 4.79 Å². The molecule has 1 radical (unpaired) electrons. The molecule has 2 rings (SSSR count). The van der Waals surface area contributed by atoms with E-state index < -0.39 is 11.4 Å². The van der Waals surface area contributed by atoms with Crippen LogP contribution in [-0.4, -0.2) is 35.6 Å². The summed E-state index contributed by atoms with van der Waals surface area (Å²) in [5.41, 5.74) is 0.241. The fourth-order valence-corrected chi connectivity index (χ4v) is 2.77. The highest BCUT2D eigenvalue weighted by atomic mass is 16.4. The van der Waals surface area contributed by atoms with Crippen LogP contribution in [0.25, 0.3) is 0 Å². The molecule has 0 spiro atoms. The number of nitrogens with zero attached hydrogens (tertiary/aromatic N) is 1. The molecule has 18 heavy (non-hydrogen) atoms. The van der Waals surface area contributed by atoms with Crippen molar-refractivity contribution in [1.29, 1.82) is 0 Å². The molecule has 1 fully saturated rings. The van der Waals surface area contributed by atoms with Crippen LogP contribution in [0, 0.1) is 6.92 Å². The van der Waals surface area contributed by atoms with Gasteiger partial charge in [0.15, 0.2) is 0 Å². The van der Waals surface area contributed by atoms with Gasteiger partial charge in [0.1, 0.15) is 0 Å². The topological polar surface area (TPSA) is 40.5 Å². The van der Waals surface area contributed by atoms with Crippen LogP contribution in [0.5, 0.6) is 0 Å². The molecule has 1 aromatic carbocycles. The van der Waals surface area contributed by atoms with Crippen molar-refractivity contribution in [2.24, 2.45) is 0 Å². The third-order valence-electron chi connectivity index (χ3n) is 3.92. The molecular weight excluding hydrogens is 226 g/mol. The monoisotopic (exact) mass is 246 g/mol. The Balaban J connectivity index is 2.19. The summed E-state index contributed by atoms with van der Waals surface area (Å²) in [6.07, 6.45) is 2.25. The summed E-state index contributed by atoms with van der Waals surface area (Å²) in [6.45, 7) is 6.50. The molecule has 3 nitrogen and oxygen atoms in total. The van der Waals surface area contributed by atoms with Crippen molar-refractivity contribution in [1.82, 2.24) is 4.90 Å². The Bertz CT molecular complexity index is 394. The van der Waals surface area contributed by atoms with Gasteiger partial charge in [0.2, 0.25) is 0 Å². The maximum atomic E-state index is 11.7. The van der Waals surface area contributed by atoms with Gasteiger partial charge in [-0.25, -0.2) is 0 Å². The summed E-state index contributed by atoms with van der Waals surface area (Å²) in [5, 5.41) is 9.63. The Hall–Kier alpha value is -1.35. The zero-order valence-corrected chi connectivity index (χ0v) is 10.6. The first-order chi connectivity index (χ1) is 8.69. The van der Waals surface area contributed by atoms with Gasteiger partial charge in [0.05, 0.1) is 5.41 Å². The zero-order valence-electron chi connectivity index (χ0n) is 10.6. The highest BCUT2D eigenvalue weighted by molar-refractivity contribution is 5.81. The highest BCUT2D eigenvalue weighted by Gasteiger charge is 2.42. The molecule has 0 aliphatic carbocycles. The third-order valence-corrected chi connectivity index (χ3v) is 3.92. The highest BCUT2D eigenvalue weighted by Crippen LogP contribution is 2.35. The van der Waals surface area contributed by atoms with E-state index in [1.54, 1.807) is 0 Å². The average Bonchev–Trinajstić information content (AvgIpc) is 2.41. The van der Waals surface area contributed by atoms with Gasteiger partial charge in [-0.2, -0.15) is 0 Å². The molecule has 1 heterocycles. The molecule has 0 aromatic heterocycles. The molecule has 0 atom stereocenters. The van der Waals surface area contributed by atoms with E-state index in [4.69, 9.17) is 0 Å². The summed E-state index contributed by atoms with van der Waals surface area (Å²) in [5.74, 6) is -0.692. The number of piperidine rings is 1. The Labute approximate surface area is 108 Å². The van der Waals surface area contributed by atoms with Crippen molar-refractivity contribution in [3.63, 3.8) is 0 Å². The van der Waals surface area contributed by atoms with Gasteiger partial charge in [-0.1, -0.05) is 37.3 Å². The average molecular weight is 246 g/mol. The van der Waals surface area contributed by atoms with E-state index in [0.717, 1.165) is 31.6 Å². The first-order valence-electron chi connectivity index (χ1n) is 6.49. The van der Waals surface area contributed by atoms with E-state index in [1.165, 1.54) is 0 Å². The molecule has 3 heteroatoms. The van der Waals surface area contributed by atoms with E-state index in [1.807, 2.05) is 30.3 Å². The predicted octanol–water partition coefficient (Wildman–Crippen LogP) is 2.33. The first kappa shape index (κ1) is 13.1. The Morgan fingerprint density at radius 1 is 1.28 bits per heavy atom. The molecule has 97 valence electrons. The van der Waals surface area contributed by atoms with Crippen molar-refractivity contribution >= 4 is 5.97 Å². The van der Waals surface area contributed by atoms with Crippen LogP contribution in [0.2, 0.25) is 0 Å². The number of benzene rings is 1. The normalized spacial score (nSPS) is 19.6. The van der Waals surface area contributed by atoms with Gasteiger partial charge >= 0.3 is 5.97 Å². The zero-order chi connectivity index (χ0) is 13.0. The van der Waals surface area contributed by atoms with Gasteiger partial charge in [-0.05, 0) is 44.5 Å². The summed E-state index contributed by atoms with van der Waals surface area (Å²) < 4.78 is 0. The summed E-state index contributed by atoms with van der Waals surface area (Å²) in [4.78, 5) is 14.0. The van der Waals surface area contributed by atoms with Crippen molar-refractivity contribution in [3.05, 3.63) is 42.8 Å². The third kappa shape index (κ3) is 2.41. The second kappa shape index (κ2) is 5.53. The molecule has 0 unspecified atom stereocenters. The fourth-order valence-electron chi connectivity index (χ4n) is 2.77. The fraction of sp³-hybridized carbons (Fsp3) is 0.467. The minimum atomic E-state index is -0.696. The van der Waals surface area contributed by atoms with Crippen molar-refractivity contribution < 1.29 is 9.90 Å². The molecule has 0 saturated carbocycles. The Kier molecular flexibility index (Phi) is 4.02. The molecule has 0 amide bonds. The number of rotatable bonds is 4. The van der Waals surface area contributed by atoms with E-state index in [0.29, 0.717) is 12.8 Å². The number of carboxylic acids is 1. The summed E-state index contributed by atoms with van der Waals surface area (Å²) >= 11 is 0. The number of hydrogen-bond acceptors (Lipinski definition) is 2. The van der Waals surface area contributed by atoms with Crippen LogP contribution in [0.1, 0.15) is 24.8 Å². The molecule has 1 aliphatic heterocycles. The number of carbonyl (C=O) groups is 1. The van der Waals surface area contributed by atoms with Crippen LogP contribution < -0.4 is 0 Å². The summed E-state index contributed by atoms with van der Waals surface area (Å²) in [6, 6.07) is 9.64. The Morgan fingerprint density at radius 2 is 1.89 bits per heavy atom. The number of likely N-dealkylation sites (tertiary alicyclic amines) is 1. The van der Waals surface area contributed by atoms with E-state index >= 15 is 0 Å². The molecular formula is C15H20NO2. The van der Waals surface area contributed by atoms with E-state index in [2.05, 4.69) is 11.8 Å². The molecule has 1 aliphatic rings. The van der Waals surface area contributed by atoms with Crippen molar-refractivity contribution in [3.8, 4) is 0 Å². The predicted molar refractivity (Wildman–Crippen MR) is 71.4 cm³/mol. The largest absolute Gasteiger partial charge is 0.481 e. The van der Waals surface area contributed by atoms with E-state index in [9.17, 15) is 9.90 Å². The van der Waals surface area contributed by atoms with Gasteiger partial charge in [-0.15, -0.1) is 0 Å². The van der Waals surface area contributed by atoms with Gasteiger partial charge < -0.3 is 10.0 Å². The molecule has 0 bridgehead atoms. The van der Waals surface area contributed by atoms with Crippen molar-refractivity contribution in [2.45, 2.75) is 24.7 Å². The lowest BCUT2D eigenvalue weighted by atomic mass is 9.73. The summed E-state index contributed by atoms with van der Waals surface area (Å²) in [7, 11) is 0. The number of carboxylic acid groups (broad SMARTS) is 1. The van der Waals surface area contributed by atoms with Crippen LogP contribution in [0.15, 0.2) is 30.3 Å². The van der Waals surface area contributed by atoms with E-state index in [-0.39, 0.29) is 0 Å². The SMILES string of the molecule is [CH2]CCN1CCC(C(=O)O)(c2ccccc2)CC1. The standard InChI is InChI=1S/C15H20NO2/c1-2-10-16-11-8-15(9-12-16,14(17)18)13-6-4-3-5-7-13/h3-7H,1-2,8-12H2,(H,17,18). The lowest BCUT2D eigenvalue weighted by Gasteiger charge is -2.39. The van der Waals surface area contributed by atoms with Gasteiger partial charge in [0.25, 0.3) is 0 Å². The molecule has 1 aromatic rings. The van der Waals surface area contributed by atoms with Crippen molar-refractivity contribution in [2.75, 3.05) is 19.6 Å². The first-order valence-corrected chi connectivity index (χ1v) is 6.49. The lowest BCUT2D eigenvalue weighted by Crippen LogP contribution is -2.47. The Morgan fingerprint density at radius 3 is 2.39 bits per heavy atom. The second-order valence-electron chi connectivity index (χ2n) is 4.95. The number of aliphatic carboxylic acids is 1. The maximum absolute atomic E-state index is 11.7. The van der Waals surface area contributed by atoms with Crippen LogP contribution in [0.3, 0.4) is 0 Å². The van der Waals surface area contributed by atoms with Crippen LogP contribution in [0.4, 0.5) is 0 Å².